The normalized spacial score (nSPS) is 10.5. The van der Waals surface area contributed by atoms with Gasteiger partial charge in [-0.2, -0.15) is 0 Å². The second-order valence-corrected chi connectivity index (χ2v) is 5.08. The van der Waals surface area contributed by atoms with Gasteiger partial charge in [0.1, 0.15) is 5.82 Å². The number of hydrogen-bond acceptors (Lipinski definition) is 2. The average molecular weight is 268 g/mol. The van der Waals surface area contributed by atoms with Gasteiger partial charge in [0, 0.05) is 21.4 Å². The number of nitrogens with two attached hydrogens (primary N) is 1. The molecule has 2 N–H and O–H groups in total. The van der Waals surface area contributed by atoms with Crippen molar-refractivity contribution in [3.05, 3.63) is 58.9 Å². The molecule has 0 saturated carbocycles. The minimum Gasteiger partial charge on any atom is -0.399 e. The Labute approximate surface area is 109 Å². The summed E-state index contributed by atoms with van der Waals surface area (Å²) in [5.74, 6) is 0.307. The Bertz CT molecular complexity index is 531. The smallest absolute Gasteiger partial charge is 0.127 e. The Morgan fingerprint density at radius 3 is 2.76 bits per heavy atom. The van der Waals surface area contributed by atoms with Crippen molar-refractivity contribution in [2.24, 2.45) is 0 Å². The highest BCUT2D eigenvalue weighted by molar-refractivity contribution is 7.98. The van der Waals surface area contributed by atoms with Gasteiger partial charge in [0.05, 0.1) is 0 Å². The third-order valence-electron chi connectivity index (χ3n) is 2.26. The summed E-state index contributed by atoms with van der Waals surface area (Å²) >= 11 is 7.36. The molecule has 0 amide bonds. The predicted molar refractivity (Wildman–Crippen MR) is 71.8 cm³/mol. The Morgan fingerprint density at radius 1 is 1.18 bits per heavy atom. The number of hydrogen-bond donors (Lipinski definition) is 1. The van der Waals surface area contributed by atoms with Crippen molar-refractivity contribution in [3.63, 3.8) is 0 Å². The fourth-order valence-corrected chi connectivity index (χ4v) is 2.55. The SMILES string of the molecule is Nc1cccc(SCc2cc(Cl)ccc2F)c1. The summed E-state index contributed by atoms with van der Waals surface area (Å²) in [4.78, 5) is 1.02. The van der Waals surface area contributed by atoms with Crippen molar-refractivity contribution >= 4 is 29.1 Å². The zero-order valence-corrected chi connectivity index (χ0v) is 10.6. The van der Waals surface area contributed by atoms with Gasteiger partial charge in [0.15, 0.2) is 0 Å². The van der Waals surface area contributed by atoms with Crippen molar-refractivity contribution in [3.8, 4) is 0 Å². The molecule has 0 fully saturated rings. The van der Waals surface area contributed by atoms with Gasteiger partial charge in [-0.25, -0.2) is 4.39 Å². The number of rotatable bonds is 3. The molecule has 0 radical (unpaired) electrons. The molecular formula is C13H11ClFNS. The van der Waals surface area contributed by atoms with E-state index in [1.165, 1.54) is 17.8 Å². The van der Waals surface area contributed by atoms with E-state index >= 15 is 0 Å². The van der Waals surface area contributed by atoms with Gasteiger partial charge in [0.2, 0.25) is 0 Å². The largest absolute Gasteiger partial charge is 0.399 e. The Kier molecular flexibility index (Phi) is 3.92. The van der Waals surface area contributed by atoms with E-state index in [2.05, 4.69) is 0 Å². The fraction of sp³-hybridized carbons (Fsp3) is 0.0769. The van der Waals surface area contributed by atoms with Crippen LogP contribution in [0.25, 0.3) is 0 Å². The van der Waals surface area contributed by atoms with Gasteiger partial charge < -0.3 is 5.73 Å². The maximum Gasteiger partial charge on any atom is 0.127 e. The number of halogens is 2. The molecule has 0 heterocycles. The number of thioether (sulfide) groups is 1. The summed E-state index contributed by atoms with van der Waals surface area (Å²) in [5, 5.41) is 0.551. The van der Waals surface area contributed by atoms with Crippen molar-refractivity contribution in [2.75, 3.05) is 5.73 Å². The van der Waals surface area contributed by atoms with Gasteiger partial charge >= 0.3 is 0 Å². The molecule has 0 saturated heterocycles. The van der Waals surface area contributed by atoms with E-state index in [0.29, 0.717) is 22.0 Å². The highest BCUT2D eigenvalue weighted by Gasteiger charge is 2.04. The van der Waals surface area contributed by atoms with E-state index in [1.807, 2.05) is 24.3 Å². The molecule has 0 aliphatic rings. The Balaban J connectivity index is 2.09. The second-order valence-electron chi connectivity index (χ2n) is 3.60. The number of nitrogen functional groups attached to an aromatic ring is 1. The summed E-state index contributed by atoms with van der Waals surface area (Å²) in [6.07, 6.45) is 0. The first kappa shape index (κ1) is 12.3. The van der Waals surface area contributed by atoms with Crippen LogP contribution in [0.3, 0.4) is 0 Å². The first-order valence-electron chi connectivity index (χ1n) is 5.07. The molecule has 2 aromatic rings. The first-order chi connectivity index (χ1) is 8.15. The van der Waals surface area contributed by atoms with Gasteiger partial charge in [-0.15, -0.1) is 11.8 Å². The first-order valence-corrected chi connectivity index (χ1v) is 6.44. The molecule has 0 spiro atoms. The van der Waals surface area contributed by atoms with Crippen molar-refractivity contribution < 1.29 is 4.39 Å². The molecule has 2 rings (SSSR count). The lowest BCUT2D eigenvalue weighted by Gasteiger charge is -2.04. The van der Waals surface area contributed by atoms with Gasteiger partial charge in [-0.3, -0.25) is 0 Å². The lowest BCUT2D eigenvalue weighted by molar-refractivity contribution is 0.617. The third-order valence-corrected chi connectivity index (χ3v) is 3.54. The van der Waals surface area contributed by atoms with Crippen LogP contribution in [0.5, 0.6) is 0 Å². The highest BCUT2D eigenvalue weighted by atomic mass is 35.5. The van der Waals surface area contributed by atoms with Crippen LogP contribution in [-0.4, -0.2) is 0 Å². The summed E-state index contributed by atoms with van der Waals surface area (Å²) in [6.45, 7) is 0. The lowest BCUT2D eigenvalue weighted by atomic mass is 10.2. The average Bonchev–Trinajstić information content (AvgIpc) is 2.30. The minimum absolute atomic E-state index is 0.231. The van der Waals surface area contributed by atoms with E-state index in [4.69, 9.17) is 17.3 Å². The van der Waals surface area contributed by atoms with E-state index in [0.717, 1.165) is 4.90 Å². The zero-order valence-electron chi connectivity index (χ0n) is 8.99. The third kappa shape index (κ3) is 3.38. The Morgan fingerprint density at radius 2 is 2.00 bits per heavy atom. The molecule has 88 valence electrons. The molecule has 0 atom stereocenters. The van der Waals surface area contributed by atoms with Gasteiger partial charge in [-0.05, 0) is 42.0 Å². The lowest BCUT2D eigenvalue weighted by Crippen LogP contribution is -1.88. The van der Waals surface area contributed by atoms with Crippen molar-refractivity contribution in [1.29, 1.82) is 0 Å². The van der Waals surface area contributed by atoms with Crippen LogP contribution in [0.15, 0.2) is 47.4 Å². The standard InChI is InChI=1S/C13H11ClFNS/c14-10-4-5-13(15)9(6-10)8-17-12-3-1-2-11(16)7-12/h1-7H,8,16H2. The molecule has 0 bridgehead atoms. The molecule has 0 aromatic heterocycles. The predicted octanol–water partition coefficient (Wildman–Crippen LogP) is 4.35. The monoisotopic (exact) mass is 267 g/mol. The van der Waals surface area contributed by atoms with Crippen molar-refractivity contribution in [1.82, 2.24) is 0 Å². The Hall–Kier alpha value is -1.19. The second kappa shape index (κ2) is 5.43. The molecule has 1 nitrogen and oxygen atoms in total. The topological polar surface area (TPSA) is 26.0 Å². The van der Waals surface area contributed by atoms with Gasteiger partial charge in [-0.1, -0.05) is 17.7 Å². The van der Waals surface area contributed by atoms with Crippen LogP contribution in [0.4, 0.5) is 10.1 Å². The van der Waals surface area contributed by atoms with Crippen LogP contribution >= 0.6 is 23.4 Å². The summed E-state index contributed by atoms with van der Waals surface area (Å²) in [5.41, 5.74) is 6.98. The molecule has 2 aromatic carbocycles. The van der Waals surface area contributed by atoms with Crippen LogP contribution in [-0.2, 0) is 5.75 Å². The summed E-state index contributed by atoms with van der Waals surface area (Å²) < 4.78 is 13.5. The number of benzene rings is 2. The van der Waals surface area contributed by atoms with Crippen LogP contribution < -0.4 is 5.73 Å². The highest BCUT2D eigenvalue weighted by Crippen LogP contribution is 2.26. The van der Waals surface area contributed by atoms with Crippen LogP contribution in [0, 0.1) is 5.82 Å². The maximum atomic E-state index is 13.5. The maximum absolute atomic E-state index is 13.5. The quantitative estimate of drug-likeness (QED) is 0.661. The fourth-order valence-electron chi connectivity index (χ4n) is 1.42. The molecule has 0 aliphatic carbocycles. The number of anilines is 1. The molecule has 17 heavy (non-hydrogen) atoms. The van der Waals surface area contributed by atoms with Crippen LogP contribution in [0.2, 0.25) is 5.02 Å². The molecule has 0 unspecified atom stereocenters. The van der Waals surface area contributed by atoms with E-state index in [1.54, 1.807) is 12.1 Å². The minimum atomic E-state index is -0.231. The summed E-state index contributed by atoms with van der Waals surface area (Å²) in [6, 6.07) is 12.1. The zero-order chi connectivity index (χ0) is 12.3. The van der Waals surface area contributed by atoms with E-state index in [-0.39, 0.29) is 5.82 Å². The van der Waals surface area contributed by atoms with Crippen LogP contribution in [0.1, 0.15) is 5.56 Å². The molecule has 0 aliphatic heterocycles. The van der Waals surface area contributed by atoms with Crippen molar-refractivity contribution in [2.45, 2.75) is 10.6 Å². The molecule has 4 heteroatoms. The molecular weight excluding hydrogens is 257 g/mol. The van der Waals surface area contributed by atoms with E-state index < -0.39 is 0 Å². The summed E-state index contributed by atoms with van der Waals surface area (Å²) in [7, 11) is 0. The van der Waals surface area contributed by atoms with Gasteiger partial charge in [0.25, 0.3) is 0 Å². The van der Waals surface area contributed by atoms with E-state index in [9.17, 15) is 4.39 Å².